The smallest absolute Gasteiger partial charge is 0.253 e. The summed E-state index contributed by atoms with van der Waals surface area (Å²) in [6.45, 7) is 2.18. The van der Waals surface area contributed by atoms with E-state index in [1.54, 1.807) is 0 Å². The van der Waals surface area contributed by atoms with Crippen molar-refractivity contribution in [1.29, 1.82) is 0 Å². The van der Waals surface area contributed by atoms with E-state index in [4.69, 9.17) is 5.73 Å². The number of carbonyl (C=O) groups excluding carboxylic acids is 1. The summed E-state index contributed by atoms with van der Waals surface area (Å²) in [6.07, 6.45) is 3.47. The average Bonchev–Trinajstić information content (AvgIpc) is 3.16. The highest BCUT2D eigenvalue weighted by Crippen LogP contribution is 2.35. The van der Waals surface area contributed by atoms with Crippen LogP contribution in [0.1, 0.15) is 36.5 Å². The fraction of sp³-hybridized carbons (Fsp3) is 0.353. The Bertz CT molecular complexity index is 650. The fourth-order valence-electron chi connectivity index (χ4n) is 2.81. The van der Waals surface area contributed by atoms with Crippen molar-refractivity contribution in [3.05, 3.63) is 42.0 Å². The SMILES string of the molecule is CCCC1CC1NC(=O)c1cc2ccccc2cc1N. The lowest BCUT2D eigenvalue weighted by Crippen LogP contribution is -2.27. The highest BCUT2D eigenvalue weighted by molar-refractivity contribution is 6.04. The summed E-state index contributed by atoms with van der Waals surface area (Å²) in [5, 5.41) is 5.21. The van der Waals surface area contributed by atoms with Gasteiger partial charge in [-0.25, -0.2) is 0 Å². The van der Waals surface area contributed by atoms with Crippen LogP contribution in [0.5, 0.6) is 0 Å². The minimum absolute atomic E-state index is 0.0446. The van der Waals surface area contributed by atoms with Gasteiger partial charge in [-0.3, -0.25) is 4.79 Å². The zero-order chi connectivity index (χ0) is 14.1. The Morgan fingerprint density at radius 1 is 1.30 bits per heavy atom. The van der Waals surface area contributed by atoms with Gasteiger partial charge in [0.15, 0.2) is 0 Å². The van der Waals surface area contributed by atoms with E-state index in [0.29, 0.717) is 23.2 Å². The number of fused-ring (bicyclic) bond motifs is 1. The van der Waals surface area contributed by atoms with Gasteiger partial charge in [0, 0.05) is 11.7 Å². The highest BCUT2D eigenvalue weighted by atomic mass is 16.1. The molecule has 3 N–H and O–H groups in total. The van der Waals surface area contributed by atoms with E-state index in [2.05, 4.69) is 12.2 Å². The van der Waals surface area contributed by atoms with Crippen molar-refractivity contribution in [3.63, 3.8) is 0 Å². The van der Waals surface area contributed by atoms with Gasteiger partial charge in [-0.15, -0.1) is 0 Å². The Hall–Kier alpha value is -2.03. The maximum Gasteiger partial charge on any atom is 0.253 e. The number of nitrogens with one attached hydrogen (secondary N) is 1. The van der Waals surface area contributed by atoms with Crippen molar-refractivity contribution in [2.45, 2.75) is 32.2 Å². The molecule has 0 radical (unpaired) electrons. The third-order valence-electron chi connectivity index (χ3n) is 4.06. The summed E-state index contributed by atoms with van der Waals surface area (Å²) >= 11 is 0. The molecule has 1 aliphatic rings. The molecule has 20 heavy (non-hydrogen) atoms. The van der Waals surface area contributed by atoms with Gasteiger partial charge < -0.3 is 11.1 Å². The van der Waals surface area contributed by atoms with Crippen LogP contribution < -0.4 is 11.1 Å². The second-order valence-corrected chi connectivity index (χ2v) is 5.65. The molecular formula is C17H20N2O. The number of amides is 1. The number of nitrogens with two attached hydrogens (primary N) is 1. The molecule has 0 saturated heterocycles. The molecule has 0 spiro atoms. The standard InChI is InChI=1S/C17H20N2O/c1-2-5-13-10-16(13)19-17(20)14-8-11-6-3-4-7-12(11)9-15(14)18/h3-4,6-9,13,16H,2,5,10,18H2,1H3,(H,19,20). The van der Waals surface area contributed by atoms with Gasteiger partial charge in [0.25, 0.3) is 5.91 Å². The van der Waals surface area contributed by atoms with Crippen LogP contribution in [0.3, 0.4) is 0 Å². The summed E-state index contributed by atoms with van der Waals surface area (Å²) in [4.78, 5) is 12.3. The van der Waals surface area contributed by atoms with Crippen LogP contribution in [0.2, 0.25) is 0 Å². The molecule has 0 aliphatic heterocycles. The number of carbonyl (C=O) groups is 1. The van der Waals surface area contributed by atoms with Gasteiger partial charge in [0.1, 0.15) is 0 Å². The molecule has 2 atom stereocenters. The van der Waals surface area contributed by atoms with Crippen LogP contribution in [0.25, 0.3) is 10.8 Å². The first-order valence-electron chi connectivity index (χ1n) is 7.28. The minimum Gasteiger partial charge on any atom is -0.398 e. The van der Waals surface area contributed by atoms with Gasteiger partial charge >= 0.3 is 0 Å². The highest BCUT2D eigenvalue weighted by Gasteiger charge is 2.37. The molecule has 104 valence electrons. The predicted molar refractivity (Wildman–Crippen MR) is 82.6 cm³/mol. The molecule has 1 saturated carbocycles. The first-order valence-corrected chi connectivity index (χ1v) is 7.28. The molecule has 1 aliphatic carbocycles. The van der Waals surface area contributed by atoms with Crippen LogP contribution in [0.4, 0.5) is 5.69 Å². The van der Waals surface area contributed by atoms with E-state index >= 15 is 0 Å². The van der Waals surface area contributed by atoms with Crippen molar-refractivity contribution in [3.8, 4) is 0 Å². The van der Waals surface area contributed by atoms with Gasteiger partial charge in [-0.2, -0.15) is 0 Å². The molecule has 3 rings (SSSR count). The van der Waals surface area contributed by atoms with E-state index in [0.717, 1.165) is 17.2 Å². The zero-order valence-electron chi connectivity index (χ0n) is 11.7. The minimum atomic E-state index is -0.0446. The largest absolute Gasteiger partial charge is 0.398 e. The molecule has 3 nitrogen and oxygen atoms in total. The summed E-state index contributed by atoms with van der Waals surface area (Å²) in [7, 11) is 0. The van der Waals surface area contributed by atoms with Crippen molar-refractivity contribution < 1.29 is 4.79 Å². The summed E-state index contributed by atoms with van der Waals surface area (Å²) in [5.74, 6) is 0.613. The maximum atomic E-state index is 12.3. The number of hydrogen-bond donors (Lipinski definition) is 2. The lowest BCUT2D eigenvalue weighted by molar-refractivity contribution is 0.0950. The molecule has 1 amide bonds. The van der Waals surface area contributed by atoms with Gasteiger partial charge in [0.2, 0.25) is 0 Å². The van der Waals surface area contributed by atoms with E-state index in [-0.39, 0.29) is 5.91 Å². The second-order valence-electron chi connectivity index (χ2n) is 5.65. The molecule has 2 aromatic rings. The van der Waals surface area contributed by atoms with E-state index < -0.39 is 0 Å². The third kappa shape index (κ3) is 2.48. The Balaban J connectivity index is 1.79. The van der Waals surface area contributed by atoms with Gasteiger partial charge in [0.05, 0.1) is 5.56 Å². The van der Waals surface area contributed by atoms with Crippen molar-refractivity contribution in [2.75, 3.05) is 5.73 Å². The Morgan fingerprint density at radius 2 is 2.00 bits per heavy atom. The van der Waals surface area contributed by atoms with Crippen molar-refractivity contribution >= 4 is 22.4 Å². The molecule has 2 aromatic carbocycles. The first kappa shape index (κ1) is 13.0. The van der Waals surface area contributed by atoms with Gasteiger partial charge in [-0.1, -0.05) is 37.6 Å². The topological polar surface area (TPSA) is 55.1 Å². The Morgan fingerprint density at radius 3 is 2.70 bits per heavy atom. The number of hydrogen-bond acceptors (Lipinski definition) is 2. The number of benzene rings is 2. The van der Waals surface area contributed by atoms with Crippen LogP contribution in [-0.2, 0) is 0 Å². The van der Waals surface area contributed by atoms with Crippen molar-refractivity contribution in [1.82, 2.24) is 5.32 Å². The van der Waals surface area contributed by atoms with E-state index in [9.17, 15) is 4.79 Å². The van der Waals surface area contributed by atoms with Crippen LogP contribution >= 0.6 is 0 Å². The molecular weight excluding hydrogens is 248 g/mol. The molecule has 1 fully saturated rings. The van der Waals surface area contributed by atoms with E-state index in [1.807, 2.05) is 36.4 Å². The van der Waals surface area contributed by atoms with Crippen molar-refractivity contribution in [2.24, 2.45) is 5.92 Å². The zero-order valence-corrected chi connectivity index (χ0v) is 11.7. The summed E-state index contributed by atoms with van der Waals surface area (Å²) < 4.78 is 0. The molecule has 0 heterocycles. The summed E-state index contributed by atoms with van der Waals surface area (Å²) in [6, 6.07) is 12.1. The Kier molecular flexibility index (Phi) is 3.35. The molecule has 0 bridgehead atoms. The normalized spacial score (nSPS) is 20.9. The summed E-state index contributed by atoms with van der Waals surface area (Å²) in [5.41, 5.74) is 7.15. The average molecular weight is 268 g/mol. The first-order chi connectivity index (χ1) is 9.69. The number of nitrogen functional groups attached to an aromatic ring is 1. The molecule has 3 heteroatoms. The fourth-order valence-corrected chi connectivity index (χ4v) is 2.81. The van der Waals surface area contributed by atoms with Crippen LogP contribution in [0.15, 0.2) is 36.4 Å². The Labute approximate surface area is 119 Å². The monoisotopic (exact) mass is 268 g/mol. The predicted octanol–water partition coefficient (Wildman–Crippen LogP) is 3.34. The maximum absolute atomic E-state index is 12.3. The van der Waals surface area contributed by atoms with E-state index in [1.165, 1.54) is 12.8 Å². The van der Waals surface area contributed by atoms with Crippen LogP contribution in [0, 0.1) is 5.92 Å². The number of anilines is 1. The lowest BCUT2D eigenvalue weighted by Gasteiger charge is -2.09. The van der Waals surface area contributed by atoms with Crippen LogP contribution in [-0.4, -0.2) is 11.9 Å². The number of rotatable bonds is 4. The molecule has 0 aromatic heterocycles. The quantitative estimate of drug-likeness (QED) is 0.836. The second kappa shape index (κ2) is 5.16. The third-order valence-corrected chi connectivity index (χ3v) is 4.06. The van der Waals surface area contributed by atoms with Gasteiger partial charge in [-0.05, 0) is 41.7 Å². The lowest BCUT2D eigenvalue weighted by atomic mass is 10.0. The molecule has 2 unspecified atom stereocenters.